The Bertz CT molecular complexity index is 942. The third-order valence-corrected chi connectivity index (χ3v) is 4.63. The van der Waals surface area contributed by atoms with Crippen LogP contribution in [-0.4, -0.2) is 27.5 Å². The van der Waals surface area contributed by atoms with E-state index in [0.29, 0.717) is 35.9 Å². The Morgan fingerprint density at radius 1 is 1.23 bits per heavy atom. The second-order valence-electron chi connectivity index (χ2n) is 6.27. The summed E-state index contributed by atoms with van der Waals surface area (Å²) in [7, 11) is 0. The number of likely N-dealkylation sites (tertiary alicyclic amines) is 1. The van der Waals surface area contributed by atoms with Crippen LogP contribution < -0.4 is 0 Å². The van der Waals surface area contributed by atoms with Crippen molar-refractivity contribution in [1.29, 1.82) is 0 Å². The third kappa shape index (κ3) is 3.46. The topological polar surface area (TPSA) is 59.2 Å². The summed E-state index contributed by atoms with van der Waals surface area (Å²) >= 11 is 5.89. The fourth-order valence-corrected chi connectivity index (χ4v) is 3.17. The number of hydrogen-bond acceptors (Lipinski definition) is 4. The molecule has 1 aromatic heterocycles. The molecule has 3 aromatic rings. The van der Waals surface area contributed by atoms with Crippen molar-refractivity contribution in [2.45, 2.75) is 18.9 Å². The minimum absolute atomic E-state index is 0.0436. The maximum Gasteiger partial charge on any atom is 0.258 e. The van der Waals surface area contributed by atoms with Gasteiger partial charge in [-0.25, -0.2) is 4.39 Å². The van der Waals surface area contributed by atoms with E-state index in [1.54, 1.807) is 29.2 Å². The predicted molar refractivity (Wildman–Crippen MR) is 93.9 cm³/mol. The Hall–Kier alpha value is -2.73. The fraction of sp³-hybridized carbons (Fsp3) is 0.211. The molecule has 0 radical (unpaired) electrons. The molecule has 0 spiro atoms. The molecule has 0 saturated carbocycles. The summed E-state index contributed by atoms with van der Waals surface area (Å²) in [5.41, 5.74) is 1.53. The molecule has 1 fully saturated rings. The van der Waals surface area contributed by atoms with Gasteiger partial charge in [-0.3, -0.25) is 4.79 Å². The summed E-state index contributed by atoms with van der Waals surface area (Å²) in [5.74, 6) is 0.259. The van der Waals surface area contributed by atoms with E-state index in [2.05, 4.69) is 10.1 Å². The van der Waals surface area contributed by atoms with Crippen LogP contribution >= 0.6 is 11.6 Å². The first kappa shape index (κ1) is 16.7. The number of rotatable bonds is 4. The zero-order valence-electron chi connectivity index (χ0n) is 13.7. The van der Waals surface area contributed by atoms with E-state index in [1.165, 1.54) is 12.1 Å². The lowest BCUT2D eigenvalue weighted by Gasteiger charge is -2.16. The van der Waals surface area contributed by atoms with Crippen molar-refractivity contribution >= 4 is 17.5 Å². The summed E-state index contributed by atoms with van der Waals surface area (Å²) in [6.07, 6.45) is 0.329. The molecular weight excluding hydrogens is 357 g/mol. The zero-order valence-corrected chi connectivity index (χ0v) is 14.5. The SMILES string of the molecule is O=C1CC(c2noc(-c3cccc(F)c3)n2)CN1Cc1ccc(Cl)cc1. The van der Waals surface area contributed by atoms with Gasteiger partial charge in [0.25, 0.3) is 5.89 Å². The Morgan fingerprint density at radius 2 is 2.04 bits per heavy atom. The van der Waals surface area contributed by atoms with Crippen molar-refractivity contribution in [2.24, 2.45) is 0 Å². The molecule has 1 aliphatic heterocycles. The summed E-state index contributed by atoms with van der Waals surface area (Å²) in [6, 6.07) is 13.4. The van der Waals surface area contributed by atoms with E-state index in [1.807, 2.05) is 12.1 Å². The Morgan fingerprint density at radius 3 is 2.81 bits per heavy atom. The van der Waals surface area contributed by atoms with Gasteiger partial charge in [-0.2, -0.15) is 4.98 Å². The highest BCUT2D eigenvalue weighted by Gasteiger charge is 2.33. The maximum atomic E-state index is 13.3. The number of carbonyl (C=O) groups is 1. The number of nitrogens with zero attached hydrogens (tertiary/aromatic N) is 3. The largest absolute Gasteiger partial charge is 0.338 e. The molecule has 1 atom stereocenters. The molecule has 2 aromatic carbocycles. The van der Waals surface area contributed by atoms with E-state index in [0.717, 1.165) is 5.56 Å². The molecule has 0 N–H and O–H groups in total. The van der Waals surface area contributed by atoms with Crippen LogP contribution in [-0.2, 0) is 11.3 Å². The summed E-state index contributed by atoms with van der Waals surface area (Å²) in [5, 5.41) is 4.65. The van der Waals surface area contributed by atoms with Crippen LogP contribution in [0.3, 0.4) is 0 Å². The quantitative estimate of drug-likeness (QED) is 0.694. The number of hydrogen-bond donors (Lipinski definition) is 0. The standard InChI is InChI=1S/C19H15ClFN3O2/c20-15-6-4-12(5-7-15)10-24-11-14(9-17(24)25)18-22-19(26-23-18)13-2-1-3-16(21)8-13/h1-8,14H,9-11H2. The molecule has 26 heavy (non-hydrogen) atoms. The molecule has 1 aliphatic rings. The van der Waals surface area contributed by atoms with E-state index in [-0.39, 0.29) is 23.5 Å². The van der Waals surface area contributed by atoms with Crippen molar-refractivity contribution < 1.29 is 13.7 Å². The number of amides is 1. The minimum Gasteiger partial charge on any atom is -0.338 e. The van der Waals surface area contributed by atoms with Gasteiger partial charge in [0.05, 0.1) is 0 Å². The highest BCUT2D eigenvalue weighted by atomic mass is 35.5. The second kappa shape index (κ2) is 6.88. The smallest absolute Gasteiger partial charge is 0.258 e. The number of aromatic nitrogens is 2. The summed E-state index contributed by atoms with van der Waals surface area (Å²) < 4.78 is 18.6. The average molecular weight is 372 g/mol. The highest BCUT2D eigenvalue weighted by Crippen LogP contribution is 2.29. The predicted octanol–water partition coefficient (Wildman–Crippen LogP) is 4.05. The molecule has 0 aliphatic carbocycles. The van der Waals surface area contributed by atoms with Gasteiger partial charge in [0.2, 0.25) is 5.91 Å². The van der Waals surface area contributed by atoms with Crippen LogP contribution in [0.4, 0.5) is 4.39 Å². The first-order valence-corrected chi connectivity index (χ1v) is 8.58. The molecule has 132 valence electrons. The van der Waals surface area contributed by atoms with E-state index in [4.69, 9.17) is 16.1 Å². The Balaban J connectivity index is 1.48. The minimum atomic E-state index is -0.368. The van der Waals surface area contributed by atoms with Crippen molar-refractivity contribution in [2.75, 3.05) is 6.54 Å². The Kier molecular flexibility index (Phi) is 4.42. The van der Waals surface area contributed by atoms with Gasteiger partial charge in [-0.15, -0.1) is 0 Å². The molecule has 5 nitrogen and oxygen atoms in total. The van der Waals surface area contributed by atoms with Gasteiger partial charge in [-0.05, 0) is 35.9 Å². The normalized spacial score (nSPS) is 17.1. The average Bonchev–Trinajstić information content (AvgIpc) is 3.24. The van der Waals surface area contributed by atoms with Crippen molar-refractivity contribution in [3.8, 4) is 11.5 Å². The van der Waals surface area contributed by atoms with Crippen LogP contribution in [0.15, 0.2) is 53.1 Å². The summed E-state index contributed by atoms with van der Waals surface area (Å²) in [6.45, 7) is 1.03. The molecule has 4 rings (SSSR count). The fourth-order valence-electron chi connectivity index (χ4n) is 3.05. The lowest BCUT2D eigenvalue weighted by atomic mass is 10.1. The van der Waals surface area contributed by atoms with Gasteiger partial charge in [-0.1, -0.05) is 35.0 Å². The van der Waals surface area contributed by atoms with Gasteiger partial charge in [0.1, 0.15) is 5.82 Å². The molecule has 2 heterocycles. The van der Waals surface area contributed by atoms with Gasteiger partial charge >= 0.3 is 0 Å². The van der Waals surface area contributed by atoms with Crippen LogP contribution in [0.5, 0.6) is 0 Å². The maximum absolute atomic E-state index is 13.3. The molecule has 1 unspecified atom stereocenters. The second-order valence-corrected chi connectivity index (χ2v) is 6.71. The summed E-state index contributed by atoms with van der Waals surface area (Å²) in [4.78, 5) is 18.4. The molecule has 1 amide bonds. The Labute approximate surface area is 154 Å². The third-order valence-electron chi connectivity index (χ3n) is 4.38. The molecular formula is C19H15ClFN3O2. The first-order valence-electron chi connectivity index (χ1n) is 8.20. The van der Waals surface area contributed by atoms with Gasteiger partial charge in [0.15, 0.2) is 5.82 Å². The van der Waals surface area contributed by atoms with E-state index < -0.39 is 0 Å². The van der Waals surface area contributed by atoms with Crippen LogP contribution in [0.1, 0.15) is 23.7 Å². The van der Waals surface area contributed by atoms with Crippen LogP contribution in [0, 0.1) is 5.82 Å². The lowest BCUT2D eigenvalue weighted by Crippen LogP contribution is -2.24. The van der Waals surface area contributed by atoms with Crippen molar-refractivity contribution in [3.63, 3.8) is 0 Å². The molecule has 0 bridgehead atoms. The monoisotopic (exact) mass is 371 g/mol. The number of halogens is 2. The van der Waals surface area contributed by atoms with Crippen molar-refractivity contribution in [3.05, 3.63) is 70.8 Å². The van der Waals surface area contributed by atoms with Crippen molar-refractivity contribution in [1.82, 2.24) is 15.0 Å². The van der Waals surface area contributed by atoms with Gasteiger partial charge in [0, 0.05) is 36.0 Å². The number of carbonyl (C=O) groups excluding carboxylic acids is 1. The lowest BCUT2D eigenvalue weighted by molar-refractivity contribution is -0.128. The van der Waals surface area contributed by atoms with Gasteiger partial charge < -0.3 is 9.42 Å². The van der Waals surface area contributed by atoms with E-state index >= 15 is 0 Å². The first-order chi connectivity index (χ1) is 12.6. The molecule has 7 heteroatoms. The number of benzene rings is 2. The van der Waals surface area contributed by atoms with E-state index in [9.17, 15) is 9.18 Å². The zero-order chi connectivity index (χ0) is 18.1. The van der Waals surface area contributed by atoms with Crippen LogP contribution in [0.25, 0.3) is 11.5 Å². The van der Waals surface area contributed by atoms with Crippen LogP contribution in [0.2, 0.25) is 5.02 Å². The highest BCUT2D eigenvalue weighted by molar-refractivity contribution is 6.30. The molecule has 1 saturated heterocycles.